The summed E-state index contributed by atoms with van der Waals surface area (Å²) in [5, 5.41) is 0. The van der Waals surface area contributed by atoms with E-state index in [1.54, 1.807) is 0 Å². The smallest absolute Gasteiger partial charge is 0.337 e. The molecular formula is C6H10O3. The van der Waals surface area contributed by atoms with Crippen LogP contribution in [0.1, 0.15) is 13.3 Å². The number of esters is 1. The van der Waals surface area contributed by atoms with Crippen LogP contribution in [0, 0.1) is 0 Å². The molecule has 52 valence electrons. The van der Waals surface area contributed by atoms with Crippen LogP contribution in [-0.4, -0.2) is 25.3 Å². The molecule has 0 N–H and O–H groups in total. The zero-order valence-electron chi connectivity index (χ0n) is 5.59. The normalized spacial score (nSPS) is 31.8. The molecule has 0 aromatic carbocycles. The molecule has 0 bridgehead atoms. The zero-order chi connectivity index (χ0) is 6.85. The Labute approximate surface area is 53.9 Å². The van der Waals surface area contributed by atoms with Crippen molar-refractivity contribution < 1.29 is 14.3 Å². The van der Waals surface area contributed by atoms with Crippen LogP contribution in [0.4, 0.5) is 0 Å². The van der Waals surface area contributed by atoms with Gasteiger partial charge in [-0.1, -0.05) is 6.92 Å². The van der Waals surface area contributed by atoms with Crippen LogP contribution in [0.3, 0.4) is 0 Å². The fourth-order valence-electron chi connectivity index (χ4n) is 0.777. The highest BCUT2D eigenvalue weighted by Gasteiger charge is 2.44. The zero-order valence-corrected chi connectivity index (χ0v) is 5.59. The third-order valence-corrected chi connectivity index (χ3v) is 1.42. The minimum atomic E-state index is -0.264. The number of epoxide rings is 1. The van der Waals surface area contributed by atoms with Crippen molar-refractivity contribution in [1.82, 2.24) is 0 Å². The van der Waals surface area contributed by atoms with E-state index in [4.69, 9.17) is 4.74 Å². The van der Waals surface area contributed by atoms with Gasteiger partial charge in [-0.3, -0.25) is 0 Å². The van der Waals surface area contributed by atoms with E-state index in [-0.39, 0.29) is 18.2 Å². The van der Waals surface area contributed by atoms with Gasteiger partial charge in [-0.15, -0.1) is 0 Å². The third-order valence-electron chi connectivity index (χ3n) is 1.42. The van der Waals surface area contributed by atoms with Crippen LogP contribution in [0.25, 0.3) is 0 Å². The van der Waals surface area contributed by atoms with Gasteiger partial charge in [-0.25, -0.2) is 4.79 Å². The second-order valence-corrected chi connectivity index (χ2v) is 2.03. The van der Waals surface area contributed by atoms with Crippen molar-refractivity contribution in [2.45, 2.75) is 25.6 Å². The average Bonchev–Trinajstić information content (AvgIpc) is 2.64. The Bertz CT molecular complexity index is 121. The Balaban J connectivity index is 2.25. The van der Waals surface area contributed by atoms with Crippen LogP contribution < -0.4 is 0 Å². The van der Waals surface area contributed by atoms with Gasteiger partial charge < -0.3 is 9.47 Å². The van der Waals surface area contributed by atoms with E-state index < -0.39 is 0 Å². The van der Waals surface area contributed by atoms with Crippen molar-refractivity contribution in [3.05, 3.63) is 0 Å². The van der Waals surface area contributed by atoms with Gasteiger partial charge in [0.05, 0.1) is 13.2 Å². The Kier molecular flexibility index (Phi) is 1.71. The summed E-state index contributed by atoms with van der Waals surface area (Å²) in [4.78, 5) is 10.6. The van der Waals surface area contributed by atoms with Crippen molar-refractivity contribution in [2.75, 3.05) is 7.11 Å². The molecule has 0 amide bonds. The van der Waals surface area contributed by atoms with Gasteiger partial charge in [0.25, 0.3) is 0 Å². The van der Waals surface area contributed by atoms with Crippen LogP contribution in [0.2, 0.25) is 0 Å². The molecule has 3 nitrogen and oxygen atoms in total. The lowest BCUT2D eigenvalue weighted by molar-refractivity contribution is -0.142. The predicted molar refractivity (Wildman–Crippen MR) is 31.0 cm³/mol. The maximum atomic E-state index is 10.6. The lowest BCUT2D eigenvalue weighted by Gasteiger charge is -1.89. The van der Waals surface area contributed by atoms with Gasteiger partial charge in [0.1, 0.15) is 0 Å². The monoisotopic (exact) mass is 130 g/mol. The van der Waals surface area contributed by atoms with Crippen molar-refractivity contribution in [3.8, 4) is 0 Å². The first-order valence-electron chi connectivity index (χ1n) is 3.03. The molecule has 9 heavy (non-hydrogen) atoms. The SMILES string of the molecule is CC[C@@H]1O[C@@H]1C(=O)OC. The summed E-state index contributed by atoms with van der Waals surface area (Å²) < 4.78 is 9.39. The number of hydrogen-bond acceptors (Lipinski definition) is 3. The van der Waals surface area contributed by atoms with Gasteiger partial charge in [0.2, 0.25) is 0 Å². The predicted octanol–water partition coefficient (Wildman–Crippen LogP) is 0.337. The molecule has 0 aromatic heterocycles. The first kappa shape index (κ1) is 6.55. The summed E-state index contributed by atoms with van der Waals surface area (Å²) in [6, 6.07) is 0. The number of hydrogen-bond donors (Lipinski definition) is 0. The molecule has 1 saturated heterocycles. The lowest BCUT2D eigenvalue weighted by atomic mass is 10.3. The highest BCUT2D eigenvalue weighted by molar-refractivity contribution is 5.77. The van der Waals surface area contributed by atoms with Gasteiger partial charge in [-0.2, -0.15) is 0 Å². The topological polar surface area (TPSA) is 38.8 Å². The van der Waals surface area contributed by atoms with Gasteiger partial charge in [0.15, 0.2) is 6.10 Å². The van der Waals surface area contributed by atoms with Gasteiger partial charge in [0, 0.05) is 0 Å². The Morgan fingerprint density at radius 1 is 1.78 bits per heavy atom. The Hall–Kier alpha value is -0.570. The number of ether oxygens (including phenoxy) is 2. The summed E-state index contributed by atoms with van der Waals surface area (Å²) in [7, 11) is 1.37. The molecular weight excluding hydrogens is 120 g/mol. The van der Waals surface area contributed by atoms with E-state index in [9.17, 15) is 4.79 Å². The van der Waals surface area contributed by atoms with E-state index in [0.717, 1.165) is 6.42 Å². The quantitative estimate of drug-likeness (QED) is 0.399. The maximum absolute atomic E-state index is 10.6. The van der Waals surface area contributed by atoms with Crippen LogP contribution in [0.15, 0.2) is 0 Å². The number of methoxy groups -OCH3 is 1. The molecule has 0 spiro atoms. The highest BCUT2D eigenvalue weighted by Crippen LogP contribution is 2.25. The van der Waals surface area contributed by atoms with E-state index in [1.165, 1.54) is 7.11 Å². The molecule has 1 aliphatic rings. The summed E-state index contributed by atoms with van der Waals surface area (Å²) >= 11 is 0. The summed E-state index contributed by atoms with van der Waals surface area (Å²) in [6.45, 7) is 1.98. The minimum Gasteiger partial charge on any atom is -0.467 e. The van der Waals surface area contributed by atoms with Crippen molar-refractivity contribution in [1.29, 1.82) is 0 Å². The third kappa shape index (κ3) is 1.21. The average molecular weight is 130 g/mol. The fourth-order valence-corrected chi connectivity index (χ4v) is 0.777. The molecule has 0 aliphatic carbocycles. The van der Waals surface area contributed by atoms with Crippen LogP contribution in [-0.2, 0) is 14.3 Å². The molecule has 0 unspecified atom stereocenters. The minimum absolute atomic E-state index is 0.123. The second-order valence-electron chi connectivity index (χ2n) is 2.03. The largest absolute Gasteiger partial charge is 0.467 e. The van der Waals surface area contributed by atoms with Crippen molar-refractivity contribution in [3.63, 3.8) is 0 Å². The molecule has 1 heterocycles. The van der Waals surface area contributed by atoms with Gasteiger partial charge in [-0.05, 0) is 6.42 Å². The summed E-state index contributed by atoms with van der Waals surface area (Å²) in [5.41, 5.74) is 0. The highest BCUT2D eigenvalue weighted by atomic mass is 16.6. The van der Waals surface area contributed by atoms with E-state index >= 15 is 0 Å². The molecule has 1 fully saturated rings. The molecule has 0 radical (unpaired) electrons. The van der Waals surface area contributed by atoms with E-state index in [1.807, 2.05) is 6.92 Å². The van der Waals surface area contributed by atoms with E-state index in [2.05, 4.69) is 4.74 Å². The number of carbonyl (C=O) groups is 1. The molecule has 2 atom stereocenters. The molecule has 3 heteroatoms. The Morgan fingerprint density at radius 3 is 2.78 bits per heavy atom. The summed E-state index contributed by atoms with van der Waals surface area (Å²) in [5.74, 6) is -0.248. The maximum Gasteiger partial charge on any atom is 0.337 e. The molecule has 1 rings (SSSR count). The van der Waals surface area contributed by atoms with Crippen molar-refractivity contribution >= 4 is 5.97 Å². The number of rotatable bonds is 2. The fraction of sp³-hybridized carbons (Fsp3) is 0.833. The second kappa shape index (κ2) is 2.35. The van der Waals surface area contributed by atoms with Crippen LogP contribution >= 0.6 is 0 Å². The number of carbonyl (C=O) groups excluding carboxylic acids is 1. The summed E-state index contributed by atoms with van der Waals surface area (Å²) in [6.07, 6.45) is 0.747. The van der Waals surface area contributed by atoms with Gasteiger partial charge >= 0.3 is 5.97 Å². The standard InChI is InChI=1S/C6H10O3/c1-3-4-5(9-4)6(7)8-2/h4-5H,3H2,1-2H3/t4-,5-/m0/s1. The van der Waals surface area contributed by atoms with Crippen LogP contribution in [0.5, 0.6) is 0 Å². The first-order chi connectivity index (χ1) is 4.29. The molecule has 1 aliphatic heterocycles. The van der Waals surface area contributed by atoms with Crippen molar-refractivity contribution in [2.24, 2.45) is 0 Å². The molecule has 0 saturated carbocycles. The lowest BCUT2D eigenvalue weighted by Crippen LogP contribution is -2.10. The Morgan fingerprint density at radius 2 is 2.44 bits per heavy atom. The van der Waals surface area contributed by atoms with E-state index in [0.29, 0.717) is 0 Å². The first-order valence-corrected chi connectivity index (χ1v) is 3.03. The molecule has 0 aromatic rings.